The molecular formula is C11H14N2O2S. The van der Waals surface area contributed by atoms with Crippen molar-refractivity contribution in [1.29, 1.82) is 0 Å². The lowest BCUT2D eigenvalue weighted by molar-refractivity contribution is 0.174. The lowest BCUT2D eigenvalue weighted by Gasteiger charge is -2.05. The zero-order valence-electron chi connectivity index (χ0n) is 8.86. The Morgan fingerprint density at radius 3 is 3.00 bits per heavy atom. The van der Waals surface area contributed by atoms with Crippen LogP contribution in [0.25, 0.3) is 0 Å². The summed E-state index contributed by atoms with van der Waals surface area (Å²) in [6.45, 7) is 1.89. The lowest BCUT2D eigenvalue weighted by Crippen LogP contribution is -2.20. The Labute approximate surface area is 99.7 Å². The SMILES string of the molecule is NC(=S)CCNCc1ccc2c(c1)OCO2. The number of rotatable bonds is 5. The maximum Gasteiger partial charge on any atom is 0.231 e. The molecule has 1 aromatic rings. The van der Waals surface area contributed by atoms with E-state index in [4.69, 9.17) is 27.4 Å². The van der Waals surface area contributed by atoms with E-state index in [1.165, 1.54) is 0 Å². The van der Waals surface area contributed by atoms with Crippen molar-refractivity contribution < 1.29 is 9.47 Å². The summed E-state index contributed by atoms with van der Waals surface area (Å²) < 4.78 is 10.5. The minimum Gasteiger partial charge on any atom is -0.454 e. The molecule has 0 unspecified atom stereocenters. The van der Waals surface area contributed by atoms with Gasteiger partial charge in [0.05, 0.1) is 4.99 Å². The highest BCUT2D eigenvalue weighted by atomic mass is 32.1. The lowest BCUT2D eigenvalue weighted by atomic mass is 10.2. The molecule has 16 heavy (non-hydrogen) atoms. The highest BCUT2D eigenvalue weighted by Gasteiger charge is 2.12. The Kier molecular flexibility index (Phi) is 3.58. The summed E-state index contributed by atoms with van der Waals surface area (Å²) in [5.74, 6) is 1.63. The van der Waals surface area contributed by atoms with Gasteiger partial charge in [0, 0.05) is 19.5 Å². The van der Waals surface area contributed by atoms with E-state index < -0.39 is 0 Å². The van der Waals surface area contributed by atoms with Gasteiger partial charge in [-0.05, 0) is 17.7 Å². The average molecular weight is 238 g/mol. The number of ether oxygens (including phenoxy) is 2. The van der Waals surface area contributed by atoms with Crippen LogP contribution in [0.4, 0.5) is 0 Å². The molecule has 0 amide bonds. The van der Waals surface area contributed by atoms with Gasteiger partial charge in [-0.2, -0.15) is 0 Å². The third-order valence-corrected chi connectivity index (χ3v) is 2.52. The van der Waals surface area contributed by atoms with E-state index in [0.29, 0.717) is 11.8 Å². The maximum atomic E-state index is 5.40. The van der Waals surface area contributed by atoms with Crippen LogP contribution in [0.3, 0.4) is 0 Å². The maximum absolute atomic E-state index is 5.40. The Morgan fingerprint density at radius 1 is 1.38 bits per heavy atom. The van der Waals surface area contributed by atoms with Gasteiger partial charge in [-0.25, -0.2) is 0 Å². The molecule has 1 heterocycles. The predicted octanol–water partition coefficient (Wildman–Crippen LogP) is 1.18. The summed E-state index contributed by atoms with van der Waals surface area (Å²) in [6.07, 6.45) is 0.722. The number of benzene rings is 1. The molecule has 0 saturated heterocycles. The second-order valence-electron chi connectivity index (χ2n) is 3.58. The third kappa shape index (κ3) is 2.84. The van der Waals surface area contributed by atoms with Crippen LogP contribution in [0.15, 0.2) is 18.2 Å². The zero-order chi connectivity index (χ0) is 11.4. The van der Waals surface area contributed by atoms with Gasteiger partial charge in [0.2, 0.25) is 6.79 Å². The molecule has 4 nitrogen and oxygen atoms in total. The van der Waals surface area contributed by atoms with Gasteiger partial charge in [-0.3, -0.25) is 0 Å². The summed E-state index contributed by atoms with van der Waals surface area (Å²) in [5.41, 5.74) is 6.56. The first-order valence-electron chi connectivity index (χ1n) is 5.13. The van der Waals surface area contributed by atoms with Gasteiger partial charge in [-0.1, -0.05) is 18.3 Å². The van der Waals surface area contributed by atoms with Gasteiger partial charge in [0.1, 0.15) is 0 Å². The fraction of sp³-hybridized carbons (Fsp3) is 0.364. The molecule has 1 aliphatic heterocycles. The fourth-order valence-electron chi connectivity index (χ4n) is 1.50. The first-order chi connectivity index (χ1) is 7.75. The van der Waals surface area contributed by atoms with Crippen LogP contribution >= 0.6 is 12.2 Å². The highest BCUT2D eigenvalue weighted by Crippen LogP contribution is 2.32. The summed E-state index contributed by atoms with van der Waals surface area (Å²) in [7, 11) is 0. The van der Waals surface area contributed by atoms with Crippen LogP contribution in [0.2, 0.25) is 0 Å². The summed E-state index contributed by atoms with van der Waals surface area (Å²) >= 11 is 4.79. The van der Waals surface area contributed by atoms with Crippen molar-refractivity contribution in [3.63, 3.8) is 0 Å². The minimum atomic E-state index is 0.313. The minimum absolute atomic E-state index is 0.313. The fourth-order valence-corrected chi connectivity index (χ4v) is 1.60. The first kappa shape index (κ1) is 11.2. The van der Waals surface area contributed by atoms with Gasteiger partial charge in [0.25, 0.3) is 0 Å². The largest absolute Gasteiger partial charge is 0.454 e. The van der Waals surface area contributed by atoms with Crippen molar-refractivity contribution in [1.82, 2.24) is 5.32 Å². The van der Waals surface area contributed by atoms with Crippen molar-refractivity contribution in [2.45, 2.75) is 13.0 Å². The monoisotopic (exact) mass is 238 g/mol. The van der Waals surface area contributed by atoms with Gasteiger partial charge in [0.15, 0.2) is 11.5 Å². The van der Waals surface area contributed by atoms with E-state index >= 15 is 0 Å². The summed E-state index contributed by atoms with van der Waals surface area (Å²) in [5, 5.41) is 3.26. The van der Waals surface area contributed by atoms with Crippen molar-refractivity contribution in [3.05, 3.63) is 23.8 Å². The van der Waals surface area contributed by atoms with E-state index in [9.17, 15) is 0 Å². The standard InChI is InChI=1S/C11H14N2O2S/c12-11(16)3-4-13-6-8-1-2-9-10(5-8)15-7-14-9/h1-2,5,13H,3-4,6-7H2,(H2,12,16). The van der Waals surface area contributed by atoms with Crippen LogP contribution in [0, 0.1) is 0 Å². The zero-order valence-corrected chi connectivity index (χ0v) is 9.68. The summed E-state index contributed by atoms with van der Waals surface area (Å²) in [4.78, 5) is 0.540. The Bertz CT molecular complexity index is 396. The number of nitrogens with one attached hydrogen (secondary N) is 1. The van der Waals surface area contributed by atoms with Crippen LogP contribution in [-0.4, -0.2) is 18.3 Å². The molecule has 0 radical (unpaired) electrons. The van der Waals surface area contributed by atoms with E-state index in [0.717, 1.165) is 36.6 Å². The molecule has 1 aromatic carbocycles. The quantitative estimate of drug-likeness (QED) is 0.596. The highest BCUT2D eigenvalue weighted by molar-refractivity contribution is 7.80. The third-order valence-electron chi connectivity index (χ3n) is 2.31. The number of hydrogen-bond donors (Lipinski definition) is 2. The second kappa shape index (κ2) is 5.14. The molecule has 0 aliphatic carbocycles. The van der Waals surface area contributed by atoms with Crippen molar-refractivity contribution in [2.24, 2.45) is 5.73 Å². The molecule has 0 fully saturated rings. The molecule has 0 aromatic heterocycles. The molecule has 0 saturated carbocycles. The normalized spacial score (nSPS) is 12.8. The van der Waals surface area contributed by atoms with Crippen LogP contribution in [0.5, 0.6) is 11.5 Å². The topological polar surface area (TPSA) is 56.5 Å². The molecule has 2 rings (SSSR count). The molecule has 5 heteroatoms. The van der Waals surface area contributed by atoms with E-state index in [-0.39, 0.29) is 0 Å². The Balaban J connectivity index is 1.83. The van der Waals surface area contributed by atoms with Crippen LogP contribution < -0.4 is 20.5 Å². The van der Waals surface area contributed by atoms with E-state index in [2.05, 4.69) is 5.32 Å². The molecule has 0 atom stereocenters. The average Bonchev–Trinajstić information content (AvgIpc) is 2.71. The van der Waals surface area contributed by atoms with E-state index in [1.807, 2.05) is 18.2 Å². The van der Waals surface area contributed by atoms with Crippen molar-refractivity contribution >= 4 is 17.2 Å². The first-order valence-corrected chi connectivity index (χ1v) is 5.54. The van der Waals surface area contributed by atoms with Gasteiger partial charge in [-0.15, -0.1) is 0 Å². The van der Waals surface area contributed by atoms with Crippen molar-refractivity contribution in [3.8, 4) is 11.5 Å². The Hall–Kier alpha value is -1.33. The molecule has 1 aliphatic rings. The van der Waals surface area contributed by atoms with Crippen molar-refractivity contribution in [2.75, 3.05) is 13.3 Å². The molecule has 0 bridgehead atoms. The molecule has 86 valence electrons. The number of fused-ring (bicyclic) bond motifs is 1. The Morgan fingerprint density at radius 2 is 2.19 bits per heavy atom. The molecular weight excluding hydrogens is 224 g/mol. The van der Waals surface area contributed by atoms with Crippen LogP contribution in [0.1, 0.15) is 12.0 Å². The van der Waals surface area contributed by atoms with Gasteiger partial charge >= 0.3 is 0 Å². The molecule has 0 spiro atoms. The summed E-state index contributed by atoms with van der Waals surface area (Å²) in [6, 6.07) is 5.92. The second-order valence-corrected chi connectivity index (χ2v) is 4.11. The number of nitrogens with two attached hydrogens (primary N) is 1. The predicted molar refractivity (Wildman–Crippen MR) is 65.7 cm³/mol. The molecule has 3 N–H and O–H groups in total. The number of hydrogen-bond acceptors (Lipinski definition) is 4. The van der Waals surface area contributed by atoms with E-state index in [1.54, 1.807) is 0 Å². The smallest absolute Gasteiger partial charge is 0.231 e. The van der Waals surface area contributed by atoms with Crippen LogP contribution in [-0.2, 0) is 6.54 Å². The number of thiocarbonyl (C=S) groups is 1. The van der Waals surface area contributed by atoms with Gasteiger partial charge < -0.3 is 20.5 Å².